The topological polar surface area (TPSA) is 42.7 Å². The molecule has 0 aliphatic heterocycles. The highest BCUT2D eigenvalue weighted by Crippen LogP contribution is 2.30. The van der Waals surface area contributed by atoms with Crippen molar-refractivity contribution >= 4 is 22.9 Å². The number of rotatable bonds is 21. The molecular weight excluding hydrogens is 608 g/mol. The van der Waals surface area contributed by atoms with E-state index in [1.165, 1.54) is 76.2 Å². The van der Waals surface area contributed by atoms with Crippen molar-refractivity contribution in [1.29, 1.82) is 0 Å². The summed E-state index contributed by atoms with van der Waals surface area (Å²) >= 11 is 1.68. The van der Waals surface area contributed by atoms with Crippen LogP contribution in [0.3, 0.4) is 0 Å². The molecular formula is C35H51BrN2O3S. The number of ether oxygens (including phenoxy) is 2. The van der Waals surface area contributed by atoms with Crippen LogP contribution in [0.2, 0.25) is 0 Å². The number of amides is 1. The fourth-order valence-corrected chi connectivity index (χ4v) is 5.70. The minimum atomic E-state index is 0. The number of thiazole rings is 1. The maximum absolute atomic E-state index is 12.9. The Kier molecular flexibility index (Phi) is 18.2. The number of hydrogen-bond acceptors (Lipinski definition) is 4. The van der Waals surface area contributed by atoms with Gasteiger partial charge in [-0.1, -0.05) is 114 Å². The Morgan fingerprint density at radius 2 is 1.43 bits per heavy atom. The number of carbonyl (C=O) groups is 1. The molecule has 0 unspecified atom stereocenters. The minimum absolute atomic E-state index is 0. The molecule has 7 heteroatoms. The molecule has 0 saturated heterocycles. The van der Waals surface area contributed by atoms with E-state index in [2.05, 4.69) is 40.7 Å². The fraction of sp³-hybridized carbons (Fsp3) is 0.543. The summed E-state index contributed by atoms with van der Waals surface area (Å²) < 4.78 is 13.9. The molecule has 0 N–H and O–H groups in total. The maximum atomic E-state index is 12.9. The number of carbonyl (C=O) groups excluding carboxylic acids is 1. The van der Waals surface area contributed by atoms with E-state index in [-0.39, 0.29) is 22.9 Å². The first-order valence-corrected chi connectivity index (χ1v) is 16.7. The molecule has 3 aromatic rings. The van der Waals surface area contributed by atoms with Gasteiger partial charge in [0.05, 0.1) is 25.6 Å². The molecule has 1 amide bonds. The summed E-state index contributed by atoms with van der Waals surface area (Å²) in [6.07, 6.45) is 18.4. The normalized spacial score (nSPS) is 10.7. The van der Waals surface area contributed by atoms with Crippen molar-refractivity contribution in [3.8, 4) is 11.5 Å². The van der Waals surface area contributed by atoms with Crippen molar-refractivity contribution in [2.45, 2.75) is 110 Å². The van der Waals surface area contributed by atoms with Gasteiger partial charge in [0.25, 0.3) is 0 Å². The van der Waals surface area contributed by atoms with Crippen molar-refractivity contribution in [3.63, 3.8) is 0 Å². The number of anilines is 1. The van der Waals surface area contributed by atoms with Crippen LogP contribution in [0.25, 0.3) is 0 Å². The van der Waals surface area contributed by atoms with E-state index in [1.807, 2.05) is 42.2 Å². The number of hydrogen-bond donors (Lipinski definition) is 0. The number of aromatic nitrogens is 1. The van der Waals surface area contributed by atoms with Crippen molar-refractivity contribution < 1.29 is 35.8 Å². The van der Waals surface area contributed by atoms with Gasteiger partial charge in [-0.3, -0.25) is 4.79 Å². The monoisotopic (exact) mass is 658 g/mol. The van der Waals surface area contributed by atoms with Gasteiger partial charge in [0, 0.05) is 17.7 Å². The van der Waals surface area contributed by atoms with E-state index < -0.39 is 0 Å². The predicted molar refractivity (Wildman–Crippen MR) is 171 cm³/mol. The molecule has 1 aromatic heterocycles. The largest absolute Gasteiger partial charge is 1.00 e. The lowest BCUT2D eigenvalue weighted by Crippen LogP contribution is -3.00. The summed E-state index contributed by atoms with van der Waals surface area (Å²) in [5, 5.41) is 2.07. The van der Waals surface area contributed by atoms with E-state index in [0.717, 1.165) is 35.7 Å². The number of nitrogens with zero attached hydrogens (tertiary/aromatic N) is 2. The van der Waals surface area contributed by atoms with E-state index >= 15 is 0 Å². The zero-order valence-corrected chi connectivity index (χ0v) is 28.4. The SMILES string of the molecule is CCCCCCCCCCCCCCOc1cc(CN(C(=O)CC)c2ccc(C[n+]3ccsc3)cc2)ccc1OC.[Br-]. The molecule has 3 rings (SSSR count). The Balaban J connectivity index is 0.00000616. The van der Waals surface area contributed by atoms with Gasteiger partial charge in [-0.15, -0.1) is 0 Å². The lowest BCUT2D eigenvalue weighted by atomic mass is 10.1. The van der Waals surface area contributed by atoms with Crippen molar-refractivity contribution in [1.82, 2.24) is 0 Å². The van der Waals surface area contributed by atoms with Crippen LogP contribution in [-0.2, 0) is 17.9 Å². The van der Waals surface area contributed by atoms with Crippen LogP contribution in [0.4, 0.5) is 5.69 Å². The third kappa shape index (κ3) is 12.9. The molecule has 2 aromatic carbocycles. The Morgan fingerprint density at radius 1 is 0.810 bits per heavy atom. The smallest absolute Gasteiger partial charge is 0.227 e. The predicted octanol–water partition coefficient (Wildman–Crippen LogP) is 6.12. The van der Waals surface area contributed by atoms with Crippen LogP contribution >= 0.6 is 11.3 Å². The second kappa shape index (κ2) is 21.3. The molecule has 0 aliphatic rings. The minimum Gasteiger partial charge on any atom is -1.00 e. The van der Waals surface area contributed by atoms with Crippen molar-refractivity contribution in [2.75, 3.05) is 18.6 Å². The van der Waals surface area contributed by atoms with Gasteiger partial charge in [-0.25, -0.2) is 0 Å². The van der Waals surface area contributed by atoms with Crippen LogP contribution in [0.5, 0.6) is 11.5 Å². The summed E-state index contributed by atoms with van der Waals surface area (Å²) in [4.78, 5) is 14.8. The van der Waals surface area contributed by atoms with Gasteiger partial charge in [0.2, 0.25) is 11.4 Å². The molecule has 0 bridgehead atoms. The molecule has 0 aliphatic carbocycles. The Bertz CT molecular complexity index is 1120. The Morgan fingerprint density at radius 3 is 2.00 bits per heavy atom. The van der Waals surface area contributed by atoms with Gasteiger partial charge in [-0.05, 0) is 36.2 Å². The Hall–Kier alpha value is -2.38. The standard InChI is InChI=1S/C35H51N2O3S.BrH/c1-4-6-7-8-9-10-11-12-13-14-15-16-24-40-34-26-31(19-22-33(34)39-3)28-37(35(38)5-2)32-20-17-30(18-21-32)27-36-23-25-41-29-36;/h17-23,25-26,29H,4-16,24,27-28H2,1-3H3;1H/q+1;/p-1. The second-order valence-corrected chi connectivity index (χ2v) is 11.7. The average Bonchev–Trinajstić information content (AvgIpc) is 3.51. The second-order valence-electron chi connectivity index (χ2n) is 10.9. The van der Waals surface area contributed by atoms with Gasteiger partial charge in [-0.2, -0.15) is 4.57 Å². The van der Waals surface area contributed by atoms with Crippen LogP contribution in [0.1, 0.15) is 108 Å². The first kappa shape index (κ1) is 35.8. The zero-order chi connectivity index (χ0) is 29.1. The lowest BCUT2D eigenvalue weighted by molar-refractivity contribution is -0.683. The van der Waals surface area contributed by atoms with Crippen molar-refractivity contribution in [2.24, 2.45) is 0 Å². The highest BCUT2D eigenvalue weighted by atomic mass is 79.9. The summed E-state index contributed by atoms with van der Waals surface area (Å²) in [7, 11) is 1.68. The van der Waals surface area contributed by atoms with Crippen LogP contribution in [-0.4, -0.2) is 19.6 Å². The molecule has 0 fully saturated rings. The highest BCUT2D eigenvalue weighted by molar-refractivity contribution is 7.07. The number of halogens is 1. The fourth-order valence-electron chi connectivity index (χ4n) is 5.10. The molecule has 42 heavy (non-hydrogen) atoms. The average molecular weight is 660 g/mol. The van der Waals surface area contributed by atoms with Gasteiger partial charge < -0.3 is 31.4 Å². The summed E-state index contributed by atoms with van der Waals surface area (Å²) in [6.45, 7) is 6.18. The number of unbranched alkanes of at least 4 members (excludes halogenated alkanes) is 11. The maximum Gasteiger partial charge on any atom is 0.227 e. The number of methoxy groups -OCH3 is 1. The molecule has 232 valence electrons. The van der Waals surface area contributed by atoms with Gasteiger partial charge >= 0.3 is 0 Å². The zero-order valence-electron chi connectivity index (χ0n) is 26.0. The van der Waals surface area contributed by atoms with E-state index in [4.69, 9.17) is 9.47 Å². The molecule has 1 heterocycles. The Labute approximate surface area is 269 Å². The third-order valence-corrected chi connectivity index (χ3v) is 8.24. The van der Waals surface area contributed by atoms with Gasteiger partial charge in [0.1, 0.15) is 0 Å². The summed E-state index contributed by atoms with van der Waals surface area (Å²) in [5.74, 6) is 1.58. The highest BCUT2D eigenvalue weighted by Gasteiger charge is 2.17. The molecule has 0 saturated carbocycles. The summed E-state index contributed by atoms with van der Waals surface area (Å²) in [6, 6.07) is 14.3. The van der Waals surface area contributed by atoms with E-state index in [1.54, 1.807) is 18.4 Å². The van der Waals surface area contributed by atoms with E-state index in [0.29, 0.717) is 19.6 Å². The van der Waals surface area contributed by atoms with Crippen LogP contribution in [0.15, 0.2) is 59.6 Å². The molecule has 0 spiro atoms. The molecule has 5 nitrogen and oxygen atoms in total. The number of benzene rings is 2. The lowest BCUT2D eigenvalue weighted by Gasteiger charge is -2.23. The summed E-state index contributed by atoms with van der Waals surface area (Å²) in [5.41, 5.74) is 5.24. The third-order valence-electron chi connectivity index (χ3n) is 7.57. The van der Waals surface area contributed by atoms with Gasteiger partial charge in [0.15, 0.2) is 24.2 Å². The first-order valence-electron chi connectivity index (χ1n) is 15.7. The molecule has 0 radical (unpaired) electrons. The molecule has 0 atom stereocenters. The first-order chi connectivity index (χ1) is 20.1. The van der Waals surface area contributed by atoms with Crippen LogP contribution in [0, 0.1) is 0 Å². The quantitative estimate of drug-likeness (QED) is 0.102. The van der Waals surface area contributed by atoms with Crippen molar-refractivity contribution in [3.05, 3.63) is 70.7 Å². The van der Waals surface area contributed by atoms with Crippen LogP contribution < -0.4 is 35.9 Å². The van der Waals surface area contributed by atoms with E-state index in [9.17, 15) is 4.79 Å².